The molecule has 1 amide bonds. The van der Waals surface area contributed by atoms with Gasteiger partial charge in [0.25, 0.3) is 0 Å². The highest BCUT2D eigenvalue weighted by Gasteiger charge is 2.35. The van der Waals surface area contributed by atoms with Crippen LogP contribution < -0.4 is 20.9 Å². The van der Waals surface area contributed by atoms with E-state index in [0.717, 1.165) is 18.8 Å². The minimum atomic E-state index is -1.56. The maximum absolute atomic E-state index is 11.9. The fourth-order valence-corrected chi connectivity index (χ4v) is 4.18. The number of hydrogen-bond donors (Lipinski definition) is 2. The molecule has 1 saturated heterocycles. The molecule has 3 N–H and O–H groups in total. The average molecular weight is 502 g/mol. The van der Waals surface area contributed by atoms with Crippen molar-refractivity contribution in [3.63, 3.8) is 0 Å². The first-order chi connectivity index (χ1) is 16.3. The van der Waals surface area contributed by atoms with E-state index in [1.165, 1.54) is 0 Å². The monoisotopic (exact) mass is 501 g/mol. The molecule has 0 bridgehead atoms. The normalized spacial score (nSPS) is 14.1. The van der Waals surface area contributed by atoms with Crippen molar-refractivity contribution in [1.82, 2.24) is 15.0 Å². The maximum atomic E-state index is 11.9. The number of aryl methyl sites for hydroxylation is 1. The van der Waals surface area contributed by atoms with Crippen molar-refractivity contribution >= 4 is 52.4 Å². The summed E-state index contributed by atoms with van der Waals surface area (Å²) in [6.07, 6.45) is 1.63. The Hall–Kier alpha value is -3.14. The van der Waals surface area contributed by atoms with Crippen LogP contribution in [0.1, 0.15) is 21.6 Å². The van der Waals surface area contributed by atoms with Crippen molar-refractivity contribution < 1.29 is 9.53 Å². The van der Waals surface area contributed by atoms with Crippen LogP contribution in [0, 0.1) is 6.92 Å². The summed E-state index contributed by atoms with van der Waals surface area (Å²) in [4.78, 5) is 29.2. The molecule has 0 radical (unpaired) electrons. The molecule has 11 heteroatoms. The molecule has 1 aliphatic heterocycles. The van der Waals surface area contributed by atoms with E-state index in [9.17, 15) is 4.79 Å². The Balaban J connectivity index is 1.59. The Morgan fingerprint density at radius 1 is 1.15 bits per heavy atom. The molecule has 4 rings (SSSR count). The number of amides is 1. The number of carbonyl (C=O) groups is 1. The van der Waals surface area contributed by atoms with Crippen LogP contribution in [-0.2, 0) is 9.19 Å². The highest BCUT2D eigenvalue weighted by molar-refractivity contribution is 6.49. The van der Waals surface area contributed by atoms with Crippen molar-refractivity contribution in [2.75, 3.05) is 48.5 Å². The molecule has 1 aliphatic rings. The van der Waals surface area contributed by atoms with Gasteiger partial charge in [0.1, 0.15) is 11.6 Å². The molecule has 1 aromatic carbocycles. The zero-order valence-corrected chi connectivity index (χ0v) is 20.3. The number of nitrogens with zero attached hydrogens (tertiary/aromatic N) is 5. The minimum Gasteiger partial charge on any atom is -0.378 e. The summed E-state index contributed by atoms with van der Waals surface area (Å²) < 4.78 is 3.86. The van der Waals surface area contributed by atoms with Crippen LogP contribution in [-0.4, -0.2) is 54.2 Å². The lowest BCUT2D eigenvalue weighted by Gasteiger charge is -2.34. The molecule has 1 fully saturated rings. The van der Waals surface area contributed by atoms with E-state index in [4.69, 9.17) is 33.7 Å². The predicted molar refractivity (Wildman–Crippen MR) is 134 cm³/mol. The summed E-state index contributed by atoms with van der Waals surface area (Å²) in [6, 6.07) is 12.1. The molecule has 178 valence electrons. The van der Waals surface area contributed by atoms with Gasteiger partial charge in [-0.25, -0.2) is 9.97 Å². The van der Waals surface area contributed by atoms with Crippen LogP contribution in [0.15, 0.2) is 48.7 Å². The number of rotatable bonds is 7. The lowest BCUT2D eigenvalue weighted by atomic mass is 10.1. The van der Waals surface area contributed by atoms with Crippen LogP contribution in [0.4, 0.5) is 23.3 Å². The molecular formula is C23H25Cl2N7O2. The maximum Gasteiger partial charge on any atom is 0.249 e. The van der Waals surface area contributed by atoms with Gasteiger partial charge in [-0.3, -0.25) is 4.79 Å². The van der Waals surface area contributed by atoms with Gasteiger partial charge in [0.15, 0.2) is 0 Å². The van der Waals surface area contributed by atoms with Crippen LogP contribution >= 0.6 is 23.2 Å². The molecule has 0 atom stereocenters. The lowest BCUT2D eigenvalue weighted by molar-refractivity contribution is 0.0999. The van der Waals surface area contributed by atoms with Crippen LogP contribution in [0.3, 0.4) is 0 Å². The van der Waals surface area contributed by atoms with Gasteiger partial charge < -0.3 is 25.6 Å². The van der Waals surface area contributed by atoms with E-state index in [2.05, 4.69) is 25.2 Å². The first-order valence-corrected chi connectivity index (χ1v) is 11.4. The van der Waals surface area contributed by atoms with Gasteiger partial charge in [-0.2, -0.15) is 4.98 Å². The summed E-state index contributed by atoms with van der Waals surface area (Å²) in [5.74, 6) is 1.19. The third-order valence-electron chi connectivity index (χ3n) is 5.46. The van der Waals surface area contributed by atoms with E-state index in [0.29, 0.717) is 42.0 Å². The van der Waals surface area contributed by atoms with Crippen molar-refractivity contribution in [1.29, 1.82) is 0 Å². The Kier molecular flexibility index (Phi) is 7.06. The number of morpholine rings is 1. The molecule has 0 spiro atoms. The molecule has 2 aromatic heterocycles. The number of pyridine rings is 1. The van der Waals surface area contributed by atoms with E-state index in [-0.39, 0.29) is 5.56 Å². The third-order valence-corrected chi connectivity index (χ3v) is 6.38. The van der Waals surface area contributed by atoms with E-state index < -0.39 is 10.4 Å². The number of hydrogen-bond acceptors (Lipinski definition) is 8. The lowest BCUT2D eigenvalue weighted by Crippen LogP contribution is -2.37. The van der Waals surface area contributed by atoms with Gasteiger partial charge in [0, 0.05) is 61.0 Å². The Bertz CT molecular complexity index is 1190. The summed E-state index contributed by atoms with van der Waals surface area (Å²) in [7, 11) is 1.72. The second-order valence-electron chi connectivity index (χ2n) is 7.83. The van der Waals surface area contributed by atoms with Gasteiger partial charge in [0.2, 0.25) is 16.3 Å². The fraction of sp³-hybridized carbons (Fsp3) is 0.304. The number of alkyl halides is 2. The second-order valence-corrected chi connectivity index (χ2v) is 9.12. The van der Waals surface area contributed by atoms with Crippen molar-refractivity contribution in [2.45, 2.75) is 11.4 Å². The van der Waals surface area contributed by atoms with Crippen molar-refractivity contribution in [3.8, 4) is 0 Å². The topological polar surface area (TPSA) is 110 Å². The number of nitrogens with two attached hydrogens (primary N) is 1. The first kappa shape index (κ1) is 24.0. The summed E-state index contributed by atoms with van der Waals surface area (Å²) in [5, 5.41) is 3.23. The zero-order chi connectivity index (χ0) is 24.3. The smallest absolute Gasteiger partial charge is 0.249 e. The number of nitrogens with one attached hydrogen (secondary N) is 1. The summed E-state index contributed by atoms with van der Waals surface area (Å²) >= 11 is 13.5. The molecule has 0 unspecified atom stereocenters. The standard InChI is InChI=1S/C23H25Cl2N7O2/c1-15-13-20(30-22(28-15)32-9-11-34-12-10-32)29-19-14-16(7-8-27-19)31(2)23(24,25)18-6-4-3-5-17(18)21(26)33/h3-8,13-14H,9-12H2,1-2H3,(H2,26,33)(H,27,28,29,30). The Morgan fingerprint density at radius 3 is 2.62 bits per heavy atom. The van der Waals surface area contributed by atoms with Gasteiger partial charge in [-0.1, -0.05) is 41.4 Å². The number of carbonyl (C=O) groups excluding carboxylic acids is 1. The van der Waals surface area contributed by atoms with E-state index >= 15 is 0 Å². The van der Waals surface area contributed by atoms with Crippen LogP contribution in [0.2, 0.25) is 0 Å². The second kappa shape index (κ2) is 10.0. The highest BCUT2D eigenvalue weighted by Crippen LogP contribution is 2.41. The fourth-order valence-electron chi connectivity index (χ4n) is 3.65. The molecule has 34 heavy (non-hydrogen) atoms. The molecular weight excluding hydrogens is 477 g/mol. The number of halogens is 2. The van der Waals surface area contributed by atoms with Gasteiger partial charge in [-0.05, 0) is 19.1 Å². The number of anilines is 4. The van der Waals surface area contributed by atoms with Crippen LogP contribution in [0.25, 0.3) is 0 Å². The largest absolute Gasteiger partial charge is 0.378 e. The molecule has 0 saturated carbocycles. The number of benzene rings is 1. The quantitative estimate of drug-likeness (QED) is 0.373. The molecule has 3 heterocycles. The third kappa shape index (κ3) is 5.16. The SMILES string of the molecule is Cc1cc(Nc2cc(N(C)C(Cl)(Cl)c3ccccc3C(N)=O)ccn2)nc(N2CCOCC2)n1. The average Bonchev–Trinajstić information content (AvgIpc) is 2.84. The van der Waals surface area contributed by atoms with Crippen molar-refractivity contribution in [2.24, 2.45) is 5.73 Å². The Labute approximate surface area is 207 Å². The predicted octanol–water partition coefficient (Wildman–Crippen LogP) is 3.58. The Morgan fingerprint density at radius 2 is 1.88 bits per heavy atom. The number of aromatic nitrogens is 3. The van der Waals surface area contributed by atoms with Gasteiger partial charge in [-0.15, -0.1) is 0 Å². The number of primary amides is 1. The van der Waals surface area contributed by atoms with Crippen molar-refractivity contribution in [3.05, 3.63) is 65.5 Å². The van der Waals surface area contributed by atoms with E-state index in [1.54, 1.807) is 54.5 Å². The molecule has 3 aromatic rings. The van der Waals surface area contributed by atoms with Gasteiger partial charge in [0.05, 0.1) is 13.2 Å². The molecule has 0 aliphatic carbocycles. The summed E-state index contributed by atoms with van der Waals surface area (Å²) in [6.45, 7) is 4.68. The number of ether oxygens (including phenoxy) is 1. The van der Waals surface area contributed by atoms with Gasteiger partial charge >= 0.3 is 0 Å². The molecule has 9 nitrogen and oxygen atoms in total. The van der Waals surface area contributed by atoms with Crippen LogP contribution in [0.5, 0.6) is 0 Å². The first-order valence-electron chi connectivity index (χ1n) is 10.7. The highest BCUT2D eigenvalue weighted by atomic mass is 35.5. The zero-order valence-electron chi connectivity index (χ0n) is 18.8. The minimum absolute atomic E-state index is 0.249. The summed E-state index contributed by atoms with van der Waals surface area (Å²) in [5.41, 5.74) is 7.66. The van der Waals surface area contributed by atoms with E-state index in [1.807, 2.05) is 13.0 Å².